The van der Waals surface area contributed by atoms with E-state index in [2.05, 4.69) is 15.0 Å². The number of H-pyrrole nitrogens is 1. The molecule has 0 spiro atoms. The number of nitrogens with one attached hydrogen (secondary N) is 3. The molecule has 1 amide bonds. The van der Waals surface area contributed by atoms with Crippen molar-refractivity contribution in [1.29, 1.82) is 0 Å². The number of amides is 1. The molecule has 4 rings (SSSR count). The molecule has 0 bridgehead atoms. The van der Waals surface area contributed by atoms with Gasteiger partial charge < -0.3 is 10.3 Å². The Bertz CT molecular complexity index is 1470. The highest BCUT2D eigenvalue weighted by atomic mass is 32.2. The number of sulfonamides is 1. The van der Waals surface area contributed by atoms with Crippen molar-refractivity contribution in [1.82, 2.24) is 4.98 Å². The van der Waals surface area contributed by atoms with E-state index < -0.39 is 27.3 Å². The molecule has 1 heterocycles. The second-order valence-corrected chi connectivity index (χ2v) is 8.72. The van der Waals surface area contributed by atoms with Crippen LogP contribution in [-0.2, 0) is 10.0 Å². The molecule has 0 aliphatic rings. The monoisotopic (exact) mass is 463 g/mol. The van der Waals surface area contributed by atoms with Crippen LogP contribution in [0.25, 0.3) is 11.3 Å². The smallest absolute Gasteiger partial charge is 0.261 e. The zero-order valence-electron chi connectivity index (χ0n) is 17.1. The van der Waals surface area contributed by atoms with Gasteiger partial charge in [0.2, 0.25) is 0 Å². The highest BCUT2D eigenvalue weighted by Crippen LogP contribution is 2.25. The molecule has 0 unspecified atom stereocenters. The Balaban J connectivity index is 1.57. The fraction of sp³-hybridized carbons (Fsp3) is 0. The van der Waals surface area contributed by atoms with Gasteiger partial charge in [0, 0.05) is 5.69 Å². The first kappa shape index (κ1) is 22.0. The Morgan fingerprint density at radius 3 is 2.09 bits per heavy atom. The van der Waals surface area contributed by atoms with Crippen molar-refractivity contribution >= 4 is 27.3 Å². The van der Waals surface area contributed by atoms with Crippen molar-refractivity contribution in [3.05, 3.63) is 113 Å². The van der Waals surface area contributed by atoms with E-state index in [9.17, 15) is 22.4 Å². The van der Waals surface area contributed by atoms with Crippen molar-refractivity contribution in [2.24, 2.45) is 0 Å². The van der Waals surface area contributed by atoms with Gasteiger partial charge in [0.05, 0.1) is 16.3 Å². The highest BCUT2D eigenvalue weighted by molar-refractivity contribution is 7.92. The molecule has 0 saturated carbocycles. The van der Waals surface area contributed by atoms with Crippen molar-refractivity contribution in [3.63, 3.8) is 0 Å². The van der Waals surface area contributed by atoms with Crippen LogP contribution >= 0.6 is 0 Å². The highest BCUT2D eigenvalue weighted by Gasteiger charge is 2.18. The summed E-state index contributed by atoms with van der Waals surface area (Å²) in [6, 6.07) is 22.7. The first-order chi connectivity index (χ1) is 15.8. The fourth-order valence-electron chi connectivity index (χ4n) is 3.13. The molecule has 3 N–H and O–H groups in total. The summed E-state index contributed by atoms with van der Waals surface area (Å²) < 4.78 is 40.8. The molecule has 9 heteroatoms. The summed E-state index contributed by atoms with van der Waals surface area (Å²) >= 11 is 0. The zero-order chi connectivity index (χ0) is 23.4. The summed E-state index contributed by atoms with van der Waals surface area (Å²) in [4.78, 5) is 27.8. The zero-order valence-corrected chi connectivity index (χ0v) is 17.9. The normalized spacial score (nSPS) is 11.1. The molecule has 0 aliphatic heterocycles. The van der Waals surface area contributed by atoms with E-state index in [4.69, 9.17) is 0 Å². The molecule has 0 saturated heterocycles. The Morgan fingerprint density at radius 2 is 1.42 bits per heavy atom. The standard InChI is InChI=1S/C24H18FN3O4S/c25-17-10-12-18(13-11-17)33(31,32)28-22-9-5-4-8-21(22)27-24(30)19-14-15-20(26-23(19)29)16-6-2-1-3-7-16/h1-15,28H,(H,26,29)(H,27,30). The van der Waals surface area contributed by atoms with E-state index >= 15 is 0 Å². The minimum Gasteiger partial charge on any atom is -0.321 e. The van der Waals surface area contributed by atoms with Crippen molar-refractivity contribution in [2.45, 2.75) is 4.90 Å². The van der Waals surface area contributed by atoms with Crippen molar-refractivity contribution < 1.29 is 17.6 Å². The predicted molar refractivity (Wildman–Crippen MR) is 124 cm³/mol. The summed E-state index contributed by atoms with van der Waals surface area (Å²) in [5.74, 6) is -1.27. The van der Waals surface area contributed by atoms with Gasteiger partial charge >= 0.3 is 0 Å². The van der Waals surface area contributed by atoms with Crippen LogP contribution in [0.1, 0.15) is 10.4 Å². The second-order valence-electron chi connectivity index (χ2n) is 7.04. The van der Waals surface area contributed by atoms with Crippen molar-refractivity contribution in [3.8, 4) is 11.3 Å². The third-order valence-corrected chi connectivity index (χ3v) is 6.16. The van der Waals surface area contributed by atoms with Crippen LogP contribution in [0.5, 0.6) is 0 Å². The van der Waals surface area contributed by atoms with E-state index in [1.807, 2.05) is 30.3 Å². The Hall–Kier alpha value is -4.24. The van der Waals surface area contributed by atoms with Crippen LogP contribution in [0.4, 0.5) is 15.8 Å². The van der Waals surface area contributed by atoms with E-state index in [1.165, 1.54) is 18.2 Å². The molecule has 0 fully saturated rings. The number of carbonyl (C=O) groups excluding carboxylic acids is 1. The molecule has 3 aromatic carbocycles. The van der Waals surface area contributed by atoms with Gasteiger partial charge in [-0.1, -0.05) is 42.5 Å². The molecule has 33 heavy (non-hydrogen) atoms. The molecule has 166 valence electrons. The average molecular weight is 463 g/mol. The largest absolute Gasteiger partial charge is 0.321 e. The number of aromatic amines is 1. The number of halogens is 1. The number of anilines is 2. The molecular formula is C24H18FN3O4S. The summed E-state index contributed by atoms with van der Waals surface area (Å²) in [5, 5.41) is 2.56. The van der Waals surface area contributed by atoms with E-state index in [-0.39, 0.29) is 21.8 Å². The van der Waals surface area contributed by atoms with Crippen LogP contribution < -0.4 is 15.6 Å². The van der Waals surface area contributed by atoms with Crippen LogP contribution in [0.15, 0.2) is 101 Å². The van der Waals surface area contributed by atoms with Gasteiger partial charge in [-0.15, -0.1) is 0 Å². The van der Waals surface area contributed by atoms with Gasteiger partial charge in [0.25, 0.3) is 21.5 Å². The first-order valence-electron chi connectivity index (χ1n) is 9.81. The number of rotatable bonds is 6. The maximum atomic E-state index is 13.1. The molecule has 0 radical (unpaired) electrons. The molecule has 0 atom stereocenters. The van der Waals surface area contributed by atoms with Crippen molar-refractivity contribution in [2.75, 3.05) is 10.0 Å². The Labute approximate surface area is 189 Å². The number of para-hydroxylation sites is 2. The van der Waals surface area contributed by atoms with E-state index in [1.54, 1.807) is 18.2 Å². The van der Waals surface area contributed by atoms with E-state index in [0.29, 0.717) is 5.69 Å². The number of pyridine rings is 1. The number of benzene rings is 3. The van der Waals surface area contributed by atoms with Gasteiger partial charge in [-0.05, 0) is 54.1 Å². The molecular weight excluding hydrogens is 445 g/mol. The lowest BCUT2D eigenvalue weighted by molar-refractivity contribution is 0.102. The SMILES string of the molecule is O=C(Nc1ccccc1NS(=O)(=O)c1ccc(F)cc1)c1ccc(-c2ccccc2)[nH]c1=O. The van der Waals surface area contributed by atoms with Gasteiger partial charge in [0.15, 0.2) is 0 Å². The van der Waals surface area contributed by atoms with Gasteiger partial charge in [-0.2, -0.15) is 0 Å². The number of aromatic nitrogens is 1. The number of hydrogen-bond donors (Lipinski definition) is 3. The molecule has 7 nitrogen and oxygen atoms in total. The van der Waals surface area contributed by atoms with Crippen LogP contribution in [0.3, 0.4) is 0 Å². The summed E-state index contributed by atoms with van der Waals surface area (Å²) in [5.41, 5.74) is 0.878. The number of carbonyl (C=O) groups is 1. The topological polar surface area (TPSA) is 108 Å². The van der Waals surface area contributed by atoms with E-state index in [0.717, 1.165) is 29.8 Å². The van der Waals surface area contributed by atoms with Crippen LogP contribution in [0.2, 0.25) is 0 Å². The van der Waals surface area contributed by atoms with Gasteiger partial charge in [-0.3, -0.25) is 14.3 Å². The minimum absolute atomic E-state index is 0.0903. The summed E-state index contributed by atoms with van der Waals surface area (Å²) in [7, 11) is -4.03. The Kier molecular flexibility index (Phi) is 6.05. The molecule has 0 aliphatic carbocycles. The third kappa shape index (κ3) is 4.99. The van der Waals surface area contributed by atoms with Gasteiger partial charge in [0.1, 0.15) is 11.4 Å². The lowest BCUT2D eigenvalue weighted by Crippen LogP contribution is -2.24. The van der Waals surface area contributed by atoms with Gasteiger partial charge in [-0.25, -0.2) is 12.8 Å². The average Bonchev–Trinajstić information content (AvgIpc) is 2.81. The number of hydrogen-bond acceptors (Lipinski definition) is 4. The lowest BCUT2D eigenvalue weighted by atomic mass is 10.1. The third-order valence-electron chi connectivity index (χ3n) is 4.78. The molecule has 1 aromatic heterocycles. The van der Waals surface area contributed by atoms with Crippen LogP contribution in [0, 0.1) is 5.82 Å². The summed E-state index contributed by atoms with van der Waals surface area (Å²) in [6.07, 6.45) is 0. The maximum Gasteiger partial charge on any atom is 0.261 e. The molecule has 4 aromatic rings. The van der Waals surface area contributed by atoms with Crippen LogP contribution in [-0.4, -0.2) is 19.3 Å². The second kappa shape index (κ2) is 9.09. The quantitative estimate of drug-likeness (QED) is 0.398. The lowest BCUT2D eigenvalue weighted by Gasteiger charge is -2.13. The summed E-state index contributed by atoms with van der Waals surface area (Å²) in [6.45, 7) is 0. The Morgan fingerprint density at radius 1 is 0.788 bits per heavy atom. The fourth-order valence-corrected chi connectivity index (χ4v) is 4.21. The first-order valence-corrected chi connectivity index (χ1v) is 11.3. The minimum atomic E-state index is -4.03. The maximum absolute atomic E-state index is 13.1. The predicted octanol–water partition coefficient (Wildman–Crippen LogP) is 4.23.